The predicted octanol–water partition coefficient (Wildman–Crippen LogP) is 4.24. The molecule has 0 atom stereocenters. The molecule has 0 bridgehead atoms. The van der Waals surface area contributed by atoms with E-state index < -0.39 is 0 Å². The lowest BCUT2D eigenvalue weighted by molar-refractivity contribution is 0.628. The van der Waals surface area contributed by atoms with Crippen LogP contribution < -0.4 is 0 Å². The lowest BCUT2D eigenvalue weighted by Crippen LogP contribution is -1.77. The molecule has 0 unspecified atom stereocenters. The van der Waals surface area contributed by atoms with Crippen LogP contribution in [0.1, 0.15) is 0 Å². The number of halogens is 2. The summed E-state index contributed by atoms with van der Waals surface area (Å²) in [4.78, 5) is 4.33. The topological polar surface area (TPSA) is 12.9 Å². The number of hydrogen-bond donors (Lipinski definition) is 0. The maximum absolute atomic E-state index is 13.0. The summed E-state index contributed by atoms with van der Waals surface area (Å²) < 4.78 is 26.7. The minimum atomic E-state index is -0.298. The number of benzene rings is 2. The van der Waals surface area contributed by atoms with Crippen molar-refractivity contribution in [2.75, 3.05) is 0 Å². The molecule has 0 saturated carbocycles. The Morgan fingerprint density at radius 2 is 1.59 bits per heavy atom. The fourth-order valence-corrected chi connectivity index (χ4v) is 2.57. The highest BCUT2D eigenvalue weighted by molar-refractivity contribution is 7.21. The Morgan fingerprint density at radius 1 is 0.882 bits per heavy atom. The second kappa shape index (κ2) is 3.89. The molecule has 0 spiro atoms. The highest BCUT2D eigenvalue weighted by Gasteiger charge is 2.06. The van der Waals surface area contributed by atoms with Gasteiger partial charge in [0.2, 0.25) is 0 Å². The van der Waals surface area contributed by atoms with Crippen molar-refractivity contribution in [3.63, 3.8) is 0 Å². The average Bonchev–Trinajstić information content (AvgIpc) is 2.72. The van der Waals surface area contributed by atoms with Gasteiger partial charge in [0.15, 0.2) is 0 Å². The summed E-state index contributed by atoms with van der Waals surface area (Å²) in [6.07, 6.45) is 0. The van der Waals surface area contributed by atoms with Gasteiger partial charge < -0.3 is 0 Å². The van der Waals surface area contributed by atoms with Gasteiger partial charge in [0.1, 0.15) is 16.6 Å². The largest absolute Gasteiger partial charge is 0.236 e. The highest BCUT2D eigenvalue weighted by Crippen LogP contribution is 2.30. The molecule has 4 heteroatoms. The molecule has 0 fully saturated rings. The molecule has 0 aliphatic rings. The standard InChI is InChI=1S/C13H7F2NS/c14-9-3-1-8(2-4-9)13-16-11-7-10(15)5-6-12(11)17-13/h1-7H. The Hall–Kier alpha value is -1.81. The van der Waals surface area contributed by atoms with Gasteiger partial charge in [0.05, 0.1) is 10.2 Å². The van der Waals surface area contributed by atoms with Crippen LogP contribution in [-0.2, 0) is 0 Å². The van der Waals surface area contributed by atoms with Crippen LogP contribution in [0.25, 0.3) is 20.8 Å². The van der Waals surface area contributed by atoms with Crippen molar-refractivity contribution >= 4 is 21.6 Å². The van der Waals surface area contributed by atoms with E-state index in [0.717, 1.165) is 15.3 Å². The van der Waals surface area contributed by atoms with Crippen LogP contribution in [0.3, 0.4) is 0 Å². The van der Waals surface area contributed by atoms with Gasteiger partial charge in [-0.2, -0.15) is 0 Å². The first-order valence-electron chi connectivity index (χ1n) is 5.04. The lowest BCUT2D eigenvalue weighted by atomic mass is 10.2. The third kappa shape index (κ3) is 1.91. The third-order valence-electron chi connectivity index (χ3n) is 2.44. The van der Waals surface area contributed by atoms with Gasteiger partial charge in [-0.3, -0.25) is 0 Å². The Bertz CT molecular complexity index is 673. The molecule has 1 nitrogen and oxygen atoms in total. The molecular weight excluding hydrogens is 240 g/mol. The second-order valence-electron chi connectivity index (χ2n) is 3.64. The van der Waals surface area contributed by atoms with E-state index in [0.29, 0.717) is 5.52 Å². The van der Waals surface area contributed by atoms with Crippen LogP contribution in [0.15, 0.2) is 42.5 Å². The minimum absolute atomic E-state index is 0.277. The van der Waals surface area contributed by atoms with Gasteiger partial charge in [0, 0.05) is 11.6 Å². The molecule has 0 N–H and O–H groups in total. The molecule has 0 aliphatic heterocycles. The third-order valence-corrected chi connectivity index (χ3v) is 3.53. The van der Waals surface area contributed by atoms with Crippen molar-refractivity contribution < 1.29 is 8.78 Å². The zero-order chi connectivity index (χ0) is 11.8. The predicted molar refractivity (Wildman–Crippen MR) is 65.0 cm³/mol. The number of hydrogen-bond acceptors (Lipinski definition) is 2. The average molecular weight is 247 g/mol. The van der Waals surface area contributed by atoms with Crippen molar-refractivity contribution in [3.8, 4) is 10.6 Å². The summed E-state index contributed by atoms with van der Waals surface area (Å²) in [6, 6.07) is 10.6. The van der Waals surface area contributed by atoms with Crippen molar-refractivity contribution in [1.29, 1.82) is 0 Å². The maximum atomic E-state index is 13.0. The monoisotopic (exact) mass is 247 g/mol. The summed E-state index contributed by atoms with van der Waals surface area (Å²) in [7, 11) is 0. The Labute approximate surface area is 100 Å². The first-order chi connectivity index (χ1) is 8.22. The van der Waals surface area contributed by atoms with Gasteiger partial charge in [-0.25, -0.2) is 13.8 Å². The van der Waals surface area contributed by atoms with E-state index in [-0.39, 0.29) is 11.6 Å². The summed E-state index contributed by atoms with van der Waals surface area (Å²) in [5, 5.41) is 0.769. The molecule has 84 valence electrons. The fourth-order valence-electron chi connectivity index (χ4n) is 1.62. The van der Waals surface area contributed by atoms with Gasteiger partial charge in [-0.05, 0) is 36.4 Å². The Morgan fingerprint density at radius 3 is 2.35 bits per heavy atom. The van der Waals surface area contributed by atoms with Gasteiger partial charge in [0.25, 0.3) is 0 Å². The SMILES string of the molecule is Fc1ccc(-c2nc3cc(F)ccc3s2)cc1. The van der Waals surface area contributed by atoms with Crippen molar-refractivity contribution in [2.45, 2.75) is 0 Å². The molecule has 1 aromatic heterocycles. The van der Waals surface area contributed by atoms with E-state index in [4.69, 9.17) is 0 Å². The smallest absolute Gasteiger partial charge is 0.125 e. The molecule has 0 radical (unpaired) electrons. The number of rotatable bonds is 1. The molecule has 0 saturated heterocycles. The first kappa shape index (κ1) is 10.4. The van der Waals surface area contributed by atoms with E-state index in [1.165, 1.54) is 35.6 Å². The molecule has 1 heterocycles. The molecule has 2 aromatic carbocycles. The highest BCUT2D eigenvalue weighted by atomic mass is 32.1. The summed E-state index contributed by atoms with van der Waals surface area (Å²) >= 11 is 1.46. The van der Waals surface area contributed by atoms with Crippen LogP contribution in [0, 0.1) is 11.6 Å². The summed E-state index contributed by atoms with van der Waals surface area (Å²) in [5.41, 5.74) is 1.47. The number of aromatic nitrogens is 1. The molecule has 0 amide bonds. The zero-order valence-corrected chi connectivity index (χ0v) is 9.47. The Balaban J connectivity index is 2.14. The first-order valence-corrected chi connectivity index (χ1v) is 5.86. The van der Waals surface area contributed by atoms with Gasteiger partial charge in [-0.15, -0.1) is 11.3 Å². The normalized spacial score (nSPS) is 10.9. The summed E-state index contributed by atoms with van der Waals surface area (Å²) in [5.74, 6) is -0.575. The van der Waals surface area contributed by atoms with E-state index in [2.05, 4.69) is 4.98 Å². The van der Waals surface area contributed by atoms with E-state index in [9.17, 15) is 8.78 Å². The van der Waals surface area contributed by atoms with Crippen LogP contribution in [0.2, 0.25) is 0 Å². The van der Waals surface area contributed by atoms with Crippen LogP contribution in [0.4, 0.5) is 8.78 Å². The molecule has 0 aliphatic carbocycles. The summed E-state index contributed by atoms with van der Waals surface area (Å²) in [6.45, 7) is 0. The molecule has 3 rings (SSSR count). The maximum Gasteiger partial charge on any atom is 0.125 e. The van der Waals surface area contributed by atoms with Gasteiger partial charge >= 0.3 is 0 Å². The van der Waals surface area contributed by atoms with E-state index in [1.54, 1.807) is 18.2 Å². The van der Waals surface area contributed by atoms with Crippen LogP contribution in [0.5, 0.6) is 0 Å². The fraction of sp³-hybridized carbons (Fsp3) is 0. The number of nitrogens with zero attached hydrogens (tertiary/aromatic N) is 1. The zero-order valence-electron chi connectivity index (χ0n) is 8.65. The molecule has 17 heavy (non-hydrogen) atoms. The number of thiazole rings is 1. The Kier molecular flexibility index (Phi) is 2.37. The minimum Gasteiger partial charge on any atom is -0.236 e. The molecule has 3 aromatic rings. The van der Waals surface area contributed by atoms with Crippen LogP contribution in [-0.4, -0.2) is 4.98 Å². The van der Waals surface area contributed by atoms with Crippen molar-refractivity contribution in [3.05, 3.63) is 54.1 Å². The number of fused-ring (bicyclic) bond motifs is 1. The lowest BCUT2D eigenvalue weighted by Gasteiger charge is -1.94. The van der Waals surface area contributed by atoms with Crippen molar-refractivity contribution in [2.24, 2.45) is 0 Å². The van der Waals surface area contributed by atoms with E-state index in [1.807, 2.05) is 0 Å². The molecular formula is C13H7F2NS. The van der Waals surface area contributed by atoms with Crippen LogP contribution >= 0.6 is 11.3 Å². The van der Waals surface area contributed by atoms with Crippen molar-refractivity contribution in [1.82, 2.24) is 4.98 Å². The quantitative estimate of drug-likeness (QED) is 0.626. The second-order valence-corrected chi connectivity index (χ2v) is 4.67. The van der Waals surface area contributed by atoms with E-state index >= 15 is 0 Å². The van der Waals surface area contributed by atoms with Gasteiger partial charge in [-0.1, -0.05) is 0 Å².